The quantitative estimate of drug-likeness (QED) is 0.816. The molecule has 22 heavy (non-hydrogen) atoms. The Hall–Kier alpha value is -2.16. The highest BCUT2D eigenvalue weighted by Crippen LogP contribution is 2.69. The fraction of sp³-hybridized carbons (Fsp3) is 0.368. The van der Waals surface area contributed by atoms with E-state index in [0.29, 0.717) is 11.8 Å². The summed E-state index contributed by atoms with van der Waals surface area (Å²) in [5.41, 5.74) is 2.25. The summed E-state index contributed by atoms with van der Waals surface area (Å²) in [6.07, 6.45) is 3.98. The van der Waals surface area contributed by atoms with Crippen LogP contribution in [0, 0.1) is 17.8 Å². The Kier molecular flexibility index (Phi) is 3.03. The lowest BCUT2D eigenvalue weighted by atomic mass is 9.48. The molecule has 3 aliphatic carbocycles. The molecule has 1 heterocycles. The van der Waals surface area contributed by atoms with Crippen LogP contribution in [0.15, 0.2) is 54.7 Å². The van der Waals surface area contributed by atoms with Gasteiger partial charge < -0.3 is 4.74 Å². The van der Waals surface area contributed by atoms with Gasteiger partial charge >= 0.3 is 5.97 Å². The minimum Gasteiger partial charge on any atom is -0.469 e. The molecule has 1 aromatic heterocycles. The van der Waals surface area contributed by atoms with E-state index in [1.54, 1.807) is 0 Å². The van der Waals surface area contributed by atoms with Crippen LogP contribution in [0.3, 0.4) is 0 Å². The number of pyridine rings is 1. The van der Waals surface area contributed by atoms with Crippen LogP contribution in [-0.4, -0.2) is 18.1 Å². The van der Waals surface area contributed by atoms with E-state index >= 15 is 0 Å². The van der Waals surface area contributed by atoms with Crippen molar-refractivity contribution >= 4 is 5.97 Å². The normalized spacial score (nSPS) is 32.3. The van der Waals surface area contributed by atoms with Crippen molar-refractivity contribution in [1.29, 1.82) is 0 Å². The van der Waals surface area contributed by atoms with Gasteiger partial charge in [0.05, 0.1) is 18.7 Å². The van der Waals surface area contributed by atoms with E-state index in [9.17, 15) is 4.79 Å². The molecule has 3 heteroatoms. The highest BCUT2D eigenvalue weighted by molar-refractivity contribution is 5.77. The van der Waals surface area contributed by atoms with Crippen molar-refractivity contribution in [1.82, 2.24) is 4.98 Å². The Morgan fingerprint density at radius 2 is 1.77 bits per heavy atom. The van der Waals surface area contributed by atoms with Crippen LogP contribution in [0.5, 0.6) is 0 Å². The third-order valence-electron chi connectivity index (χ3n) is 5.64. The number of hydrogen-bond acceptors (Lipinski definition) is 3. The first-order chi connectivity index (χ1) is 10.8. The molecule has 3 saturated carbocycles. The zero-order valence-electron chi connectivity index (χ0n) is 12.6. The molecule has 3 aliphatic rings. The summed E-state index contributed by atoms with van der Waals surface area (Å²) >= 11 is 0. The Morgan fingerprint density at radius 1 is 1.09 bits per heavy atom. The van der Waals surface area contributed by atoms with Crippen LogP contribution in [0.25, 0.3) is 0 Å². The van der Waals surface area contributed by atoms with Gasteiger partial charge in [-0.05, 0) is 42.4 Å². The molecule has 2 unspecified atom stereocenters. The summed E-state index contributed by atoms with van der Waals surface area (Å²) in [7, 11) is 1.49. The predicted octanol–water partition coefficient (Wildman–Crippen LogP) is 3.20. The molecule has 4 atom stereocenters. The predicted molar refractivity (Wildman–Crippen MR) is 83.2 cm³/mol. The standard InChI is InChI=1S/C19H19NO2/c1-22-18(21)17-14-10-11-15(17)19(14,13-7-3-2-4-8-13)16-9-5-6-12-20-16/h2-9,12,14-15,17H,10-11H2,1H3/t14-,15+,17?,19?. The zero-order valence-corrected chi connectivity index (χ0v) is 12.6. The molecule has 0 saturated heterocycles. The number of nitrogens with zero attached hydrogens (tertiary/aromatic N) is 1. The molecule has 3 fully saturated rings. The van der Waals surface area contributed by atoms with Crippen LogP contribution in [0.1, 0.15) is 24.1 Å². The van der Waals surface area contributed by atoms with Crippen LogP contribution in [-0.2, 0) is 14.9 Å². The molecular formula is C19H19NO2. The fourth-order valence-electron chi connectivity index (χ4n) is 4.92. The third-order valence-corrected chi connectivity index (χ3v) is 5.64. The van der Waals surface area contributed by atoms with E-state index in [-0.39, 0.29) is 17.3 Å². The Labute approximate surface area is 130 Å². The van der Waals surface area contributed by atoms with Crippen LogP contribution in [0.2, 0.25) is 0 Å². The number of carbonyl (C=O) groups is 1. The van der Waals surface area contributed by atoms with Gasteiger partial charge in [0.2, 0.25) is 0 Å². The fourth-order valence-corrected chi connectivity index (χ4v) is 4.92. The summed E-state index contributed by atoms with van der Waals surface area (Å²) in [5, 5.41) is 0. The first kappa shape index (κ1) is 13.5. The summed E-state index contributed by atoms with van der Waals surface area (Å²) < 4.78 is 5.04. The Morgan fingerprint density at radius 3 is 2.36 bits per heavy atom. The minimum absolute atomic E-state index is 0.0206. The average Bonchev–Trinajstić information content (AvgIpc) is 3.19. The number of carbonyl (C=O) groups excluding carboxylic acids is 1. The number of benzene rings is 1. The lowest BCUT2D eigenvalue weighted by molar-refractivity contribution is -0.157. The number of fused-ring (bicyclic) bond motifs is 1. The summed E-state index contributed by atoms with van der Waals surface area (Å²) in [6, 6.07) is 16.6. The summed E-state index contributed by atoms with van der Waals surface area (Å²) in [6.45, 7) is 0. The van der Waals surface area contributed by atoms with Gasteiger partial charge in [0.25, 0.3) is 0 Å². The van der Waals surface area contributed by atoms with Gasteiger partial charge in [-0.25, -0.2) is 0 Å². The molecule has 112 valence electrons. The van der Waals surface area contributed by atoms with Gasteiger partial charge in [0, 0.05) is 11.6 Å². The second-order valence-corrected chi connectivity index (χ2v) is 6.29. The van der Waals surface area contributed by atoms with Gasteiger partial charge in [-0.15, -0.1) is 0 Å². The topological polar surface area (TPSA) is 39.2 Å². The highest BCUT2D eigenvalue weighted by atomic mass is 16.5. The van der Waals surface area contributed by atoms with Crippen molar-refractivity contribution in [2.45, 2.75) is 18.3 Å². The molecule has 0 spiro atoms. The zero-order chi connectivity index (χ0) is 15.2. The first-order valence-electron chi connectivity index (χ1n) is 7.85. The number of ether oxygens (including phenoxy) is 1. The minimum atomic E-state index is -0.124. The van der Waals surface area contributed by atoms with E-state index in [1.165, 1.54) is 12.7 Å². The van der Waals surface area contributed by atoms with Crippen molar-refractivity contribution in [3.63, 3.8) is 0 Å². The number of hydrogen-bond donors (Lipinski definition) is 0. The number of methoxy groups -OCH3 is 1. The first-order valence-corrected chi connectivity index (χ1v) is 7.85. The van der Waals surface area contributed by atoms with E-state index in [0.717, 1.165) is 18.5 Å². The molecule has 3 nitrogen and oxygen atoms in total. The van der Waals surface area contributed by atoms with Crippen molar-refractivity contribution in [3.8, 4) is 0 Å². The van der Waals surface area contributed by atoms with Gasteiger partial charge in [0.15, 0.2) is 0 Å². The van der Waals surface area contributed by atoms with Crippen molar-refractivity contribution < 1.29 is 9.53 Å². The van der Waals surface area contributed by atoms with E-state index in [4.69, 9.17) is 4.74 Å². The maximum absolute atomic E-state index is 12.2. The highest BCUT2D eigenvalue weighted by Gasteiger charge is 2.70. The van der Waals surface area contributed by atoms with Crippen molar-refractivity contribution in [2.75, 3.05) is 7.11 Å². The summed E-state index contributed by atoms with van der Waals surface area (Å²) in [4.78, 5) is 16.8. The monoisotopic (exact) mass is 293 g/mol. The van der Waals surface area contributed by atoms with Crippen LogP contribution in [0.4, 0.5) is 0 Å². The largest absolute Gasteiger partial charge is 0.469 e. The molecule has 0 N–H and O–H groups in total. The molecule has 2 aromatic rings. The van der Waals surface area contributed by atoms with E-state index in [2.05, 4.69) is 35.3 Å². The van der Waals surface area contributed by atoms with E-state index < -0.39 is 0 Å². The lowest BCUT2D eigenvalue weighted by Crippen LogP contribution is -2.58. The molecule has 0 amide bonds. The van der Waals surface area contributed by atoms with E-state index in [1.807, 2.05) is 24.4 Å². The second-order valence-electron chi connectivity index (χ2n) is 6.29. The van der Waals surface area contributed by atoms with Gasteiger partial charge in [0.1, 0.15) is 0 Å². The molecule has 1 aromatic carbocycles. The SMILES string of the molecule is COC(=O)C1[C@H]2CC[C@@H]1C2(c1ccccc1)c1ccccn1. The average molecular weight is 293 g/mol. The molecular weight excluding hydrogens is 274 g/mol. The number of rotatable bonds is 3. The summed E-state index contributed by atoms with van der Waals surface area (Å²) in [5.74, 6) is 0.548. The van der Waals surface area contributed by atoms with Gasteiger partial charge in [-0.1, -0.05) is 36.4 Å². The smallest absolute Gasteiger partial charge is 0.309 e. The van der Waals surface area contributed by atoms with Crippen LogP contribution < -0.4 is 0 Å². The van der Waals surface area contributed by atoms with Crippen molar-refractivity contribution in [3.05, 3.63) is 66.0 Å². The van der Waals surface area contributed by atoms with Gasteiger partial charge in [-0.3, -0.25) is 9.78 Å². The Balaban J connectivity index is 1.86. The molecule has 0 radical (unpaired) electrons. The Bertz CT molecular complexity index is 630. The second kappa shape index (κ2) is 4.94. The molecule has 2 bridgehead atoms. The molecule has 0 aliphatic heterocycles. The van der Waals surface area contributed by atoms with Crippen LogP contribution >= 0.6 is 0 Å². The number of esters is 1. The van der Waals surface area contributed by atoms with Gasteiger partial charge in [-0.2, -0.15) is 0 Å². The number of aromatic nitrogens is 1. The lowest BCUT2D eigenvalue weighted by Gasteiger charge is -2.54. The van der Waals surface area contributed by atoms with Crippen molar-refractivity contribution in [2.24, 2.45) is 17.8 Å². The third kappa shape index (κ3) is 1.57. The maximum atomic E-state index is 12.2. The maximum Gasteiger partial charge on any atom is 0.309 e. The molecule has 5 rings (SSSR count).